The number of rotatable bonds is 0. The molecule has 12 heavy (non-hydrogen) atoms. The van der Waals surface area contributed by atoms with Crippen LogP contribution in [0.15, 0.2) is 23.3 Å². The molecule has 64 valence electrons. The molecule has 0 bridgehead atoms. The molecule has 1 heteroatoms. The standard InChI is InChI=1S/C11H14O/c1-8-6-10(12)11(7-8)5-3-4-9(11)2/h4,6H,3,5,7H2,1-2H3. The molecule has 1 atom stereocenters. The van der Waals surface area contributed by atoms with Crippen molar-refractivity contribution in [1.29, 1.82) is 0 Å². The smallest absolute Gasteiger partial charge is 0.166 e. The van der Waals surface area contributed by atoms with Crippen molar-refractivity contribution >= 4 is 5.78 Å². The number of hydrogen-bond acceptors (Lipinski definition) is 1. The van der Waals surface area contributed by atoms with E-state index in [1.165, 1.54) is 11.1 Å². The molecule has 0 saturated heterocycles. The summed E-state index contributed by atoms with van der Waals surface area (Å²) >= 11 is 0. The molecule has 2 aliphatic carbocycles. The van der Waals surface area contributed by atoms with Crippen molar-refractivity contribution in [2.75, 3.05) is 0 Å². The summed E-state index contributed by atoms with van der Waals surface area (Å²) in [6.07, 6.45) is 7.12. The first-order valence-electron chi connectivity index (χ1n) is 4.54. The van der Waals surface area contributed by atoms with Gasteiger partial charge in [0.1, 0.15) is 0 Å². The second-order valence-corrected chi connectivity index (χ2v) is 4.04. The van der Waals surface area contributed by atoms with Gasteiger partial charge in [0.15, 0.2) is 5.78 Å². The van der Waals surface area contributed by atoms with Crippen molar-refractivity contribution in [2.45, 2.75) is 33.1 Å². The molecule has 0 amide bonds. The molecular formula is C11H14O. The minimum Gasteiger partial charge on any atom is -0.294 e. The van der Waals surface area contributed by atoms with Crippen molar-refractivity contribution in [3.63, 3.8) is 0 Å². The van der Waals surface area contributed by atoms with Crippen molar-refractivity contribution in [2.24, 2.45) is 5.41 Å². The molecule has 2 rings (SSSR count). The third-order valence-electron chi connectivity index (χ3n) is 3.21. The highest BCUT2D eigenvalue weighted by atomic mass is 16.1. The molecule has 0 aromatic carbocycles. The van der Waals surface area contributed by atoms with Crippen LogP contribution in [0.3, 0.4) is 0 Å². The number of hydrogen-bond donors (Lipinski definition) is 0. The summed E-state index contributed by atoms with van der Waals surface area (Å²) in [6, 6.07) is 0. The molecule has 0 radical (unpaired) electrons. The van der Waals surface area contributed by atoms with Gasteiger partial charge in [0.2, 0.25) is 0 Å². The topological polar surface area (TPSA) is 17.1 Å². The van der Waals surface area contributed by atoms with Gasteiger partial charge in [0, 0.05) is 0 Å². The van der Waals surface area contributed by atoms with E-state index in [9.17, 15) is 4.79 Å². The van der Waals surface area contributed by atoms with Crippen LogP contribution >= 0.6 is 0 Å². The van der Waals surface area contributed by atoms with Crippen LogP contribution in [0, 0.1) is 5.41 Å². The minimum atomic E-state index is -0.0932. The second-order valence-electron chi connectivity index (χ2n) is 4.04. The van der Waals surface area contributed by atoms with E-state index in [2.05, 4.69) is 19.9 Å². The van der Waals surface area contributed by atoms with E-state index in [1.54, 1.807) is 0 Å². The first-order valence-corrected chi connectivity index (χ1v) is 4.54. The lowest BCUT2D eigenvalue weighted by Gasteiger charge is -2.23. The summed E-state index contributed by atoms with van der Waals surface area (Å²) in [5.74, 6) is 0.339. The van der Waals surface area contributed by atoms with Crippen molar-refractivity contribution in [1.82, 2.24) is 0 Å². The Balaban J connectivity index is 2.37. The average Bonchev–Trinajstić information content (AvgIpc) is 2.44. The summed E-state index contributed by atoms with van der Waals surface area (Å²) in [4.78, 5) is 11.7. The number of carbonyl (C=O) groups excluding carboxylic acids is 1. The maximum absolute atomic E-state index is 11.7. The minimum absolute atomic E-state index is 0.0932. The third kappa shape index (κ3) is 0.825. The van der Waals surface area contributed by atoms with Crippen LogP contribution in [0.4, 0.5) is 0 Å². The van der Waals surface area contributed by atoms with E-state index in [1.807, 2.05) is 6.08 Å². The zero-order chi connectivity index (χ0) is 8.77. The zero-order valence-electron chi connectivity index (χ0n) is 7.68. The van der Waals surface area contributed by atoms with Crippen LogP contribution in [-0.2, 0) is 4.79 Å². The fourth-order valence-electron chi connectivity index (χ4n) is 2.45. The monoisotopic (exact) mass is 162 g/mol. The van der Waals surface area contributed by atoms with Gasteiger partial charge in [0.25, 0.3) is 0 Å². The van der Waals surface area contributed by atoms with E-state index in [0.717, 1.165) is 19.3 Å². The lowest BCUT2D eigenvalue weighted by Crippen LogP contribution is -2.24. The number of carbonyl (C=O) groups is 1. The van der Waals surface area contributed by atoms with Gasteiger partial charge in [-0.15, -0.1) is 0 Å². The highest BCUT2D eigenvalue weighted by Crippen LogP contribution is 2.48. The quantitative estimate of drug-likeness (QED) is 0.500. The summed E-state index contributed by atoms with van der Waals surface area (Å²) in [7, 11) is 0. The number of allylic oxidation sites excluding steroid dienone is 4. The van der Waals surface area contributed by atoms with Gasteiger partial charge >= 0.3 is 0 Å². The van der Waals surface area contributed by atoms with Crippen LogP contribution in [0.25, 0.3) is 0 Å². The SMILES string of the molecule is CC1=CC(=O)C2(CCC=C2C)C1. The first-order chi connectivity index (χ1) is 5.65. The summed E-state index contributed by atoms with van der Waals surface area (Å²) < 4.78 is 0. The molecule has 0 N–H and O–H groups in total. The maximum atomic E-state index is 11.7. The van der Waals surface area contributed by atoms with Gasteiger partial charge in [-0.1, -0.05) is 17.2 Å². The molecule has 1 unspecified atom stereocenters. The first kappa shape index (κ1) is 7.78. The van der Waals surface area contributed by atoms with Gasteiger partial charge in [-0.05, 0) is 39.2 Å². The van der Waals surface area contributed by atoms with Crippen LogP contribution < -0.4 is 0 Å². The fourth-order valence-corrected chi connectivity index (χ4v) is 2.45. The predicted octanol–water partition coefficient (Wildman–Crippen LogP) is 2.63. The Morgan fingerprint density at radius 2 is 2.17 bits per heavy atom. The Labute approximate surface area is 73.2 Å². The van der Waals surface area contributed by atoms with Gasteiger partial charge in [-0.3, -0.25) is 4.79 Å². The van der Waals surface area contributed by atoms with Crippen molar-refractivity contribution < 1.29 is 4.79 Å². The maximum Gasteiger partial charge on any atom is 0.166 e. The Hall–Kier alpha value is -0.850. The number of ketones is 1. The van der Waals surface area contributed by atoms with Crippen molar-refractivity contribution in [3.8, 4) is 0 Å². The molecule has 1 spiro atoms. The molecule has 0 aromatic rings. The van der Waals surface area contributed by atoms with Crippen LogP contribution in [0.1, 0.15) is 33.1 Å². The van der Waals surface area contributed by atoms with E-state index in [-0.39, 0.29) is 5.41 Å². The highest BCUT2D eigenvalue weighted by Gasteiger charge is 2.43. The summed E-state index contributed by atoms with van der Waals surface area (Å²) in [5, 5.41) is 0. The molecular weight excluding hydrogens is 148 g/mol. The van der Waals surface area contributed by atoms with E-state index in [0.29, 0.717) is 5.78 Å². The Bertz CT molecular complexity index is 296. The molecule has 0 heterocycles. The van der Waals surface area contributed by atoms with Gasteiger partial charge < -0.3 is 0 Å². The zero-order valence-corrected chi connectivity index (χ0v) is 7.68. The predicted molar refractivity (Wildman–Crippen MR) is 48.8 cm³/mol. The van der Waals surface area contributed by atoms with Crippen LogP contribution in [0.2, 0.25) is 0 Å². The lowest BCUT2D eigenvalue weighted by molar-refractivity contribution is -0.120. The molecule has 1 nitrogen and oxygen atoms in total. The third-order valence-corrected chi connectivity index (χ3v) is 3.21. The Kier molecular flexibility index (Phi) is 1.50. The molecule has 0 aliphatic heterocycles. The van der Waals surface area contributed by atoms with E-state index in [4.69, 9.17) is 0 Å². The molecule has 0 fully saturated rings. The molecule has 0 saturated carbocycles. The summed E-state index contributed by atoms with van der Waals surface area (Å²) in [6.45, 7) is 4.15. The highest BCUT2D eigenvalue weighted by molar-refractivity contribution is 6.00. The van der Waals surface area contributed by atoms with Crippen molar-refractivity contribution in [3.05, 3.63) is 23.3 Å². The lowest BCUT2D eigenvalue weighted by atomic mass is 9.78. The molecule has 0 aromatic heterocycles. The van der Waals surface area contributed by atoms with Gasteiger partial charge in [0.05, 0.1) is 5.41 Å². The fraction of sp³-hybridized carbons (Fsp3) is 0.545. The van der Waals surface area contributed by atoms with Crippen LogP contribution in [-0.4, -0.2) is 5.78 Å². The average molecular weight is 162 g/mol. The normalized spacial score (nSPS) is 34.3. The Morgan fingerprint density at radius 3 is 2.58 bits per heavy atom. The van der Waals surface area contributed by atoms with E-state index < -0.39 is 0 Å². The molecule has 2 aliphatic rings. The second kappa shape index (κ2) is 2.32. The van der Waals surface area contributed by atoms with Gasteiger partial charge in [-0.2, -0.15) is 0 Å². The summed E-state index contributed by atoms with van der Waals surface area (Å²) in [5.41, 5.74) is 2.44. The Morgan fingerprint density at radius 1 is 1.42 bits per heavy atom. The van der Waals surface area contributed by atoms with Crippen LogP contribution in [0.5, 0.6) is 0 Å². The largest absolute Gasteiger partial charge is 0.294 e. The van der Waals surface area contributed by atoms with E-state index >= 15 is 0 Å². The van der Waals surface area contributed by atoms with Gasteiger partial charge in [-0.25, -0.2) is 0 Å².